The molecule has 0 saturated heterocycles. The van der Waals surface area contributed by atoms with Crippen molar-refractivity contribution in [2.24, 2.45) is 11.7 Å². The highest BCUT2D eigenvalue weighted by molar-refractivity contribution is 5.88. The zero-order valence-electron chi connectivity index (χ0n) is 10.8. The van der Waals surface area contributed by atoms with Crippen molar-refractivity contribution >= 4 is 11.9 Å². The van der Waals surface area contributed by atoms with Gasteiger partial charge in [-0.05, 0) is 12.8 Å². The first-order valence-corrected chi connectivity index (χ1v) is 5.77. The van der Waals surface area contributed by atoms with Gasteiger partial charge in [0.1, 0.15) is 0 Å². The van der Waals surface area contributed by atoms with Gasteiger partial charge in [0, 0.05) is 6.42 Å². The Bertz CT molecular complexity index is 439. The summed E-state index contributed by atoms with van der Waals surface area (Å²) >= 11 is 0. The summed E-state index contributed by atoms with van der Waals surface area (Å²) in [5.41, 5.74) is 5.80. The maximum absolute atomic E-state index is 11.7. The Morgan fingerprint density at radius 1 is 1.44 bits per heavy atom. The van der Waals surface area contributed by atoms with Gasteiger partial charge in [0.15, 0.2) is 5.69 Å². The summed E-state index contributed by atoms with van der Waals surface area (Å²) in [6, 6.07) is 0. The lowest BCUT2D eigenvalue weighted by Crippen LogP contribution is -2.16. The van der Waals surface area contributed by atoms with Crippen LogP contribution >= 0.6 is 0 Å². The van der Waals surface area contributed by atoms with Crippen molar-refractivity contribution in [3.05, 3.63) is 11.4 Å². The number of hydrogen-bond donors (Lipinski definition) is 1. The molecule has 18 heavy (non-hydrogen) atoms. The summed E-state index contributed by atoms with van der Waals surface area (Å²) in [6.07, 6.45) is 0.157. The van der Waals surface area contributed by atoms with Crippen LogP contribution in [-0.4, -0.2) is 33.5 Å². The van der Waals surface area contributed by atoms with E-state index in [2.05, 4.69) is 10.3 Å². The van der Waals surface area contributed by atoms with E-state index >= 15 is 0 Å². The smallest absolute Gasteiger partial charge is 0.360 e. The predicted octanol–water partition coefficient (Wildman–Crippen LogP) is 0.275. The molecular formula is C11H18N4O3. The number of aromatic nitrogens is 3. The molecule has 0 unspecified atom stereocenters. The van der Waals surface area contributed by atoms with Crippen LogP contribution in [0.5, 0.6) is 0 Å². The van der Waals surface area contributed by atoms with E-state index in [0.29, 0.717) is 18.8 Å². The molecule has 0 radical (unpaired) electrons. The monoisotopic (exact) mass is 254 g/mol. The topological polar surface area (TPSA) is 100 Å². The Morgan fingerprint density at radius 3 is 2.67 bits per heavy atom. The van der Waals surface area contributed by atoms with Gasteiger partial charge in [0.25, 0.3) is 0 Å². The van der Waals surface area contributed by atoms with Crippen molar-refractivity contribution in [1.82, 2.24) is 15.0 Å². The molecule has 0 saturated carbocycles. The van der Waals surface area contributed by atoms with E-state index in [1.807, 2.05) is 13.8 Å². The van der Waals surface area contributed by atoms with Crippen LogP contribution in [0.2, 0.25) is 0 Å². The molecule has 1 aromatic rings. The average Bonchev–Trinajstić information content (AvgIpc) is 2.65. The molecule has 0 aromatic carbocycles. The molecule has 0 aliphatic heterocycles. The van der Waals surface area contributed by atoms with E-state index in [9.17, 15) is 9.59 Å². The van der Waals surface area contributed by atoms with Gasteiger partial charge in [0.2, 0.25) is 5.91 Å². The molecule has 0 atom stereocenters. The molecule has 7 heteroatoms. The van der Waals surface area contributed by atoms with E-state index in [1.54, 1.807) is 6.92 Å². The van der Waals surface area contributed by atoms with E-state index < -0.39 is 11.9 Å². The van der Waals surface area contributed by atoms with Crippen LogP contribution in [0.15, 0.2) is 0 Å². The Kier molecular flexibility index (Phi) is 4.82. The highest BCUT2D eigenvalue weighted by atomic mass is 16.5. The molecule has 2 N–H and O–H groups in total. The third-order valence-electron chi connectivity index (χ3n) is 2.29. The summed E-state index contributed by atoms with van der Waals surface area (Å²) in [7, 11) is 0. The third kappa shape index (κ3) is 3.83. The normalized spacial score (nSPS) is 10.7. The second-order valence-corrected chi connectivity index (χ2v) is 4.46. The SMILES string of the molecule is Cc1c(C(=O)OCC(C)C)nnn1CCC(N)=O. The second kappa shape index (κ2) is 6.13. The fourth-order valence-electron chi connectivity index (χ4n) is 1.29. The zero-order chi connectivity index (χ0) is 13.7. The molecule has 1 aromatic heterocycles. The first-order valence-electron chi connectivity index (χ1n) is 5.77. The number of carbonyl (C=O) groups is 2. The van der Waals surface area contributed by atoms with Crippen LogP contribution in [0.1, 0.15) is 36.5 Å². The van der Waals surface area contributed by atoms with Gasteiger partial charge in [-0.1, -0.05) is 19.1 Å². The van der Waals surface area contributed by atoms with Gasteiger partial charge in [-0.15, -0.1) is 5.10 Å². The summed E-state index contributed by atoms with van der Waals surface area (Å²) < 4.78 is 6.53. The van der Waals surface area contributed by atoms with Crippen LogP contribution in [-0.2, 0) is 16.1 Å². The lowest BCUT2D eigenvalue weighted by atomic mass is 10.2. The number of rotatable bonds is 6. The van der Waals surface area contributed by atoms with Crippen molar-refractivity contribution in [2.45, 2.75) is 33.7 Å². The highest BCUT2D eigenvalue weighted by Crippen LogP contribution is 2.07. The van der Waals surface area contributed by atoms with Crippen LogP contribution in [0.3, 0.4) is 0 Å². The molecule has 1 rings (SSSR count). The zero-order valence-corrected chi connectivity index (χ0v) is 10.8. The lowest BCUT2D eigenvalue weighted by Gasteiger charge is -2.06. The molecule has 1 amide bonds. The fourth-order valence-corrected chi connectivity index (χ4v) is 1.29. The largest absolute Gasteiger partial charge is 0.461 e. The van der Waals surface area contributed by atoms with Gasteiger partial charge in [-0.2, -0.15) is 0 Å². The average molecular weight is 254 g/mol. The minimum absolute atomic E-state index is 0.157. The number of nitrogens with two attached hydrogens (primary N) is 1. The lowest BCUT2D eigenvalue weighted by molar-refractivity contribution is -0.118. The van der Waals surface area contributed by atoms with Gasteiger partial charge >= 0.3 is 5.97 Å². The molecule has 0 bridgehead atoms. The predicted molar refractivity (Wildman–Crippen MR) is 63.7 cm³/mol. The number of aryl methyl sites for hydroxylation is 1. The van der Waals surface area contributed by atoms with Crippen molar-refractivity contribution in [3.63, 3.8) is 0 Å². The van der Waals surface area contributed by atoms with Gasteiger partial charge in [-0.25, -0.2) is 9.48 Å². The van der Waals surface area contributed by atoms with Gasteiger partial charge in [0.05, 0.1) is 18.8 Å². The van der Waals surface area contributed by atoms with Crippen LogP contribution in [0.25, 0.3) is 0 Å². The molecule has 1 heterocycles. The minimum atomic E-state index is -0.494. The van der Waals surface area contributed by atoms with Crippen molar-refractivity contribution < 1.29 is 14.3 Å². The second-order valence-electron chi connectivity index (χ2n) is 4.46. The maximum atomic E-state index is 11.7. The first-order chi connectivity index (χ1) is 8.41. The van der Waals surface area contributed by atoms with Crippen molar-refractivity contribution in [2.75, 3.05) is 6.61 Å². The van der Waals surface area contributed by atoms with Crippen molar-refractivity contribution in [1.29, 1.82) is 0 Å². The molecular weight excluding hydrogens is 236 g/mol. The molecule has 0 spiro atoms. The number of esters is 1. The molecule has 100 valence electrons. The molecule has 0 aliphatic carbocycles. The fraction of sp³-hybridized carbons (Fsp3) is 0.636. The number of primary amides is 1. The minimum Gasteiger partial charge on any atom is -0.461 e. The van der Waals surface area contributed by atoms with Gasteiger partial charge in [-0.3, -0.25) is 4.79 Å². The summed E-state index contributed by atoms with van der Waals surface area (Å²) in [4.78, 5) is 22.4. The quantitative estimate of drug-likeness (QED) is 0.735. The highest BCUT2D eigenvalue weighted by Gasteiger charge is 2.18. The maximum Gasteiger partial charge on any atom is 0.360 e. The standard InChI is InChI=1S/C11H18N4O3/c1-7(2)6-18-11(17)10-8(3)15(14-13-10)5-4-9(12)16/h7H,4-6H2,1-3H3,(H2,12,16). The molecule has 0 aliphatic rings. The number of nitrogens with zero attached hydrogens (tertiary/aromatic N) is 3. The summed E-state index contributed by atoms with van der Waals surface area (Å²) in [5, 5.41) is 7.55. The first kappa shape index (κ1) is 14.1. The number of amides is 1. The Balaban J connectivity index is 2.67. The van der Waals surface area contributed by atoms with E-state index in [0.717, 1.165) is 0 Å². The van der Waals surface area contributed by atoms with Crippen molar-refractivity contribution in [3.8, 4) is 0 Å². The van der Waals surface area contributed by atoms with Crippen LogP contribution in [0.4, 0.5) is 0 Å². The molecule has 0 fully saturated rings. The van der Waals surface area contributed by atoms with Crippen LogP contribution < -0.4 is 5.73 Å². The molecule has 7 nitrogen and oxygen atoms in total. The number of hydrogen-bond acceptors (Lipinski definition) is 5. The van der Waals surface area contributed by atoms with Gasteiger partial charge < -0.3 is 10.5 Å². The van der Waals surface area contributed by atoms with E-state index in [-0.39, 0.29) is 18.0 Å². The third-order valence-corrected chi connectivity index (χ3v) is 2.29. The summed E-state index contributed by atoms with van der Waals surface area (Å²) in [6.45, 7) is 6.25. The Labute approximate surface area is 105 Å². The Hall–Kier alpha value is -1.92. The summed E-state index contributed by atoms with van der Waals surface area (Å²) in [5.74, 6) is -0.653. The number of ether oxygens (including phenoxy) is 1. The van der Waals surface area contributed by atoms with Crippen LogP contribution in [0, 0.1) is 12.8 Å². The number of carbonyl (C=O) groups excluding carboxylic acids is 2. The Morgan fingerprint density at radius 2 is 2.11 bits per heavy atom. The van der Waals surface area contributed by atoms with E-state index in [4.69, 9.17) is 10.5 Å². The van der Waals surface area contributed by atoms with E-state index in [1.165, 1.54) is 4.68 Å².